The molecule has 0 saturated carbocycles. The molecule has 0 fully saturated rings. The Labute approximate surface area is 116 Å². The van der Waals surface area contributed by atoms with Crippen molar-refractivity contribution < 1.29 is 9.59 Å². The Bertz CT molecular complexity index is 305. The third-order valence-corrected chi connectivity index (χ3v) is 5.43. The first-order valence-corrected chi connectivity index (χ1v) is 7.82. The van der Waals surface area contributed by atoms with E-state index in [1.54, 1.807) is 25.6 Å². The molecule has 0 heterocycles. The Morgan fingerprint density at radius 1 is 0.882 bits per heavy atom. The highest BCUT2D eigenvalue weighted by molar-refractivity contribution is 8.31. The van der Waals surface area contributed by atoms with Crippen LogP contribution in [0.2, 0.25) is 0 Å². The van der Waals surface area contributed by atoms with E-state index in [1.165, 1.54) is 23.5 Å². The monoisotopic (exact) mass is 290 g/mol. The zero-order chi connectivity index (χ0) is 13.6. The molecule has 0 spiro atoms. The van der Waals surface area contributed by atoms with Gasteiger partial charge < -0.3 is 0 Å². The lowest BCUT2D eigenvalue weighted by atomic mass is 10.4. The number of rotatable bonds is 6. The molecule has 0 saturated heterocycles. The molecule has 0 N–H and O–H groups in total. The van der Waals surface area contributed by atoms with E-state index in [1.807, 2.05) is 13.8 Å². The maximum absolute atomic E-state index is 11.4. The maximum atomic E-state index is 11.4. The number of hydrogen-bond donors (Lipinski definition) is 0. The lowest BCUT2D eigenvalue weighted by molar-refractivity contribution is -0.108. The normalized spacial score (nSPS) is 13.9. The van der Waals surface area contributed by atoms with Crippen molar-refractivity contribution >= 4 is 45.5 Å². The number of carbonyl (C=O) groups excluding carboxylic acids is 2. The van der Waals surface area contributed by atoms with Gasteiger partial charge in [0, 0.05) is 0 Å². The molecule has 2 atom stereocenters. The van der Waals surface area contributed by atoms with Crippen LogP contribution in [0, 0.1) is 0 Å². The summed E-state index contributed by atoms with van der Waals surface area (Å²) in [4.78, 5) is 22.9. The summed E-state index contributed by atoms with van der Waals surface area (Å²) in [7, 11) is 0. The van der Waals surface area contributed by atoms with Gasteiger partial charge in [-0.15, -0.1) is 11.8 Å². The van der Waals surface area contributed by atoms with Crippen LogP contribution in [0.25, 0.3) is 0 Å². The van der Waals surface area contributed by atoms with Crippen molar-refractivity contribution in [1.82, 2.24) is 0 Å². The number of hydrogen-bond acceptors (Lipinski definition) is 5. The molecule has 0 aliphatic heterocycles. The van der Waals surface area contributed by atoms with Gasteiger partial charge in [0.25, 0.3) is 0 Å². The first-order valence-electron chi connectivity index (χ1n) is 5.12. The van der Waals surface area contributed by atoms with Crippen molar-refractivity contribution in [1.29, 1.82) is 0 Å². The van der Waals surface area contributed by atoms with E-state index in [2.05, 4.69) is 13.2 Å². The highest BCUT2D eigenvalue weighted by Gasteiger charge is 2.17. The van der Waals surface area contributed by atoms with Gasteiger partial charge in [0.05, 0.1) is 9.16 Å². The first-order chi connectivity index (χ1) is 7.73. The summed E-state index contributed by atoms with van der Waals surface area (Å²) >= 11 is 4.09. The van der Waals surface area contributed by atoms with Crippen molar-refractivity contribution in [3.63, 3.8) is 0 Å². The van der Waals surface area contributed by atoms with Crippen LogP contribution in [0.4, 0.5) is 0 Å². The summed E-state index contributed by atoms with van der Waals surface area (Å²) in [6.45, 7) is 14.5. The van der Waals surface area contributed by atoms with Gasteiger partial charge in [0.15, 0.2) is 0 Å². The Kier molecular flexibility index (Phi) is 8.00. The molecule has 2 nitrogen and oxygen atoms in total. The standard InChI is InChI=1S/C12H18O2S3/c1-7(2)11(13)16-9(5)15-10(6)17-12(14)8(3)4/h9-10H,1,3H2,2,4-6H3. The van der Waals surface area contributed by atoms with Gasteiger partial charge >= 0.3 is 0 Å². The minimum Gasteiger partial charge on any atom is -0.282 e. The second-order valence-corrected chi connectivity index (χ2v) is 8.55. The topological polar surface area (TPSA) is 34.1 Å². The lowest BCUT2D eigenvalue weighted by Crippen LogP contribution is -2.05. The van der Waals surface area contributed by atoms with Gasteiger partial charge in [0.2, 0.25) is 10.2 Å². The van der Waals surface area contributed by atoms with Gasteiger partial charge in [-0.1, -0.05) is 36.7 Å². The highest BCUT2D eigenvalue weighted by atomic mass is 32.2. The van der Waals surface area contributed by atoms with Gasteiger partial charge in [-0.05, 0) is 38.8 Å². The molecule has 0 aromatic carbocycles. The fourth-order valence-corrected chi connectivity index (χ4v) is 4.55. The minimum absolute atomic E-state index is 0.00780. The maximum Gasteiger partial charge on any atom is 0.215 e. The van der Waals surface area contributed by atoms with Crippen LogP contribution in [-0.4, -0.2) is 19.4 Å². The third kappa shape index (κ3) is 7.73. The van der Waals surface area contributed by atoms with E-state index in [9.17, 15) is 9.59 Å². The molecule has 0 bridgehead atoms. The van der Waals surface area contributed by atoms with Crippen molar-refractivity contribution in [2.45, 2.75) is 36.9 Å². The lowest BCUT2D eigenvalue weighted by Gasteiger charge is -2.15. The van der Waals surface area contributed by atoms with Crippen LogP contribution in [0.5, 0.6) is 0 Å². The van der Waals surface area contributed by atoms with Crippen LogP contribution >= 0.6 is 35.3 Å². The van der Waals surface area contributed by atoms with E-state index in [0.717, 1.165) is 0 Å². The fourth-order valence-electron chi connectivity index (χ4n) is 0.828. The average molecular weight is 290 g/mol. The fraction of sp³-hybridized carbons (Fsp3) is 0.500. The third-order valence-electron chi connectivity index (χ3n) is 1.63. The second kappa shape index (κ2) is 8.06. The molecular formula is C12H18O2S3. The molecule has 0 amide bonds. The summed E-state index contributed by atoms with van der Waals surface area (Å²) < 4.78 is 0.222. The van der Waals surface area contributed by atoms with Crippen LogP contribution in [0.15, 0.2) is 24.3 Å². The highest BCUT2D eigenvalue weighted by Crippen LogP contribution is 2.34. The largest absolute Gasteiger partial charge is 0.282 e. The van der Waals surface area contributed by atoms with E-state index in [4.69, 9.17) is 0 Å². The van der Waals surface area contributed by atoms with Gasteiger partial charge in [-0.2, -0.15) is 0 Å². The van der Waals surface area contributed by atoms with E-state index in [-0.39, 0.29) is 19.4 Å². The summed E-state index contributed by atoms with van der Waals surface area (Å²) in [6, 6.07) is 0. The zero-order valence-electron chi connectivity index (χ0n) is 10.6. The van der Waals surface area contributed by atoms with Crippen molar-refractivity contribution in [3.05, 3.63) is 24.3 Å². The van der Waals surface area contributed by atoms with Crippen molar-refractivity contribution in [3.8, 4) is 0 Å². The molecule has 0 radical (unpaired) electrons. The van der Waals surface area contributed by atoms with E-state index < -0.39 is 0 Å². The molecule has 96 valence electrons. The van der Waals surface area contributed by atoms with Gasteiger partial charge in [-0.25, -0.2) is 0 Å². The summed E-state index contributed by atoms with van der Waals surface area (Å²) in [5.41, 5.74) is 1.11. The van der Waals surface area contributed by atoms with E-state index >= 15 is 0 Å². The van der Waals surface area contributed by atoms with Gasteiger partial charge in [-0.3, -0.25) is 9.59 Å². The Morgan fingerprint density at radius 2 is 1.18 bits per heavy atom. The average Bonchev–Trinajstić information content (AvgIpc) is 2.16. The Morgan fingerprint density at radius 3 is 1.41 bits per heavy atom. The second-order valence-electron chi connectivity index (χ2n) is 3.64. The minimum atomic E-state index is 0.00780. The summed E-state index contributed by atoms with van der Waals surface area (Å²) in [6.07, 6.45) is 0. The van der Waals surface area contributed by atoms with Crippen molar-refractivity contribution in [2.24, 2.45) is 0 Å². The molecule has 0 aromatic rings. The molecule has 5 heteroatoms. The quantitative estimate of drug-likeness (QED) is 0.544. The Balaban J connectivity index is 4.08. The summed E-state index contributed by atoms with van der Waals surface area (Å²) in [5.74, 6) is 0. The van der Waals surface area contributed by atoms with Gasteiger partial charge in [0.1, 0.15) is 0 Å². The molecule has 0 aliphatic rings. The Hall–Kier alpha value is -0.130. The molecule has 2 unspecified atom stereocenters. The first kappa shape index (κ1) is 16.9. The smallest absolute Gasteiger partial charge is 0.215 e. The van der Waals surface area contributed by atoms with E-state index in [0.29, 0.717) is 11.1 Å². The zero-order valence-corrected chi connectivity index (χ0v) is 13.1. The van der Waals surface area contributed by atoms with Crippen LogP contribution in [0.3, 0.4) is 0 Å². The van der Waals surface area contributed by atoms with Crippen LogP contribution in [-0.2, 0) is 9.59 Å². The molecule has 0 aliphatic carbocycles. The number of carbonyl (C=O) groups is 2. The molecule has 17 heavy (non-hydrogen) atoms. The predicted octanol–water partition coefficient (Wildman–Crippen LogP) is 4.08. The molecule has 0 aromatic heterocycles. The SMILES string of the molecule is C=C(C)C(=O)SC(C)SC(C)SC(=O)C(=C)C. The van der Waals surface area contributed by atoms with Crippen molar-refractivity contribution in [2.75, 3.05) is 0 Å². The predicted molar refractivity (Wildman–Crippen MR) is 81.3 cm³/mol. The molecule has 0 rings (SSSR count). The molecular weight excluding hydrogens is 272 g/mol. The number of thioether (sulfide) groups is 3. The summed E-state index contributed by atoms with van der Waals surface area (Å²) in [5, 5.41) is 0.0156. The van der Waals surface area contributed by atoms with Crippen LogP contribution in [0.1, 0.15) is 27.7 Å². The van der Waals surface area contributed by atoms with Crippen LogP contribution < -0.4 is 0 Å².